The lowest BCUT2D eigenvalue weighted by atomic mass is 9.99. The molecule has 12 heteroatoms. The minimum atomic E-state index is -2.00. The molecular formula is C24H35FN4O7. The highest BCUT2D eigenvalue weighted by Crippen LogP contribution is 2.25. The van der Waals surface area contributed by atoms with Gasteiger partial charge < -0.3 is 41.6 Å². The first kappa shape index (κ1) is 29.2. The van der Waals surface area contributed by atoms with E-state index in [4.69, 9.17) is 26.4 Å². The summed E-state index contributed by atoms with van der Waals surface area (Å²) < 4.78 is 24.5. The summed E-state index contributed by atoms with van der Waals surface area (Å²) in [6.07, 6.45) is -6.61. The van der Waals surface area contributed by atoms with E-state index in [0.717, 1.165) is 11.1 Å². The fraction of sp³-hybridized carbons (Fsp3) is 0.542. The standard InChI is InChI=1S/C24H35FN4O7/c1-13(26)16(23(28)36-24-22(34)21(33)20(25)17(12-30)35-24)11-15-7-5-14(6-8-15)3-2-4-19(32)29-10-9-18(27)31/h5-8,17,20-22,24,28,30,33-34H,2-4,9-12,26H2,1H3,(H2,27,31)(H,29,32). The number of carbonyl (C=O) groups excluding carboxylic acids is 2. The Morgan fingerprint density at radius 3 is 2.36 bits per heavy atom. The van der Waals surface area contributed by atoms with E-state index >= 15 is 0 Å². The zero-order chi connectivity index (χ0) is 26.8. The number of benzene rings is 1. The zero-order valence-corrected chi connectivity index (χ0v) is 20.2. The molecule has 1 saturated heterocycles. The number of allylic oxidation sites excluding steroid dienone is 1. The van der Waals surface area contributed by atoms with E-state index in [0.29, 0.717) is 30.5 Å². The summed E-state index contributed by atoms with van der Waals surface area (Å²) in [7, 11) is 0. The molecule has 0 bridgehead atoms. The molecule has 1 aromatic carbocycles. The van der Waals surface area contributed by atoms with Crippen LogP contribution in [0.4, 0.5) is 4.39 Å². The van der Waals surface area contributed by atoms with Crippen molar-refractivity contribution in [1.82, 2.24) is 5.32 Å². The largest absolute Gasteiger partial charge is 0.445 e. The summed E-state index contributed by atoms with van der Waals surface area (Å²) >= 11 is 0. The predicted molar refractivity (Wildman–Crippen MR) is 128 cm³/mol. The van der Waals surface area contributed by atoms with Gasteiger partial charge in [0.1, 0.15) is 18.3 Å². The molecule has 0 saturated carbocycles. The van der Waals surface area contributed by atoms with Gasteiger partial charge in [-0.25, -0.2) is 4.39 Å². The molecule has 2 amide bonds. The number of rotatable bonds is 12. The quantitative estimate of drug-likeness (QED) is 0.145. The summed E-state index contributed by atoms with van der Waals surface area (Å²) in [6.45, 7) is 1.07. The van der Waals surface area contributed by atoms with Gasteiger partial charge in [0.2, 0.25) is 24.0 Å². The highest BCUT2D eigenvalue weighted by molar-refractivity contribution is 5.92. The zero-order valence-electron chi connectivity index (χ0n) is 20.2. The molecule has 1 aliphatic rings. The van der Waals surface area contributed by atoms with E-state index in [1.807, 2.05) is 24.3 Å². The molecule has 200 valence electrons. The third-order valence-corrected chi connectivity index (χ3v) is 5.75. The van der Waals surface area contributed by atoms with Crippen molar-refractivity contribution in [3.8, 4) is 0 Å². The first-order valence-corrected chi connectivity index (χ1v) is 11.6. The van der Waals surface area contributed by atoms with Gasteiger partial charge in [-0.1, -0.05) is 24.3 Å². The molecule has 5 unspecified atom stereocenters. The van der Waals surface area contributed by atoms with Crippen LogP contribution in [0, 0.1) is 5.41 Å². The lowest BCUT2D eigenvalue weighted by Crippen LogP contribution is -2.58. The number of hydrogen-bond donors (Lipinski definition) is 7. The summed E-state index contributed by atoms with van der Waals surface area (Å²) in [6, 6.07) is 7.49. The highest BCUT2D eigenvalue weighted by atomic mass is 19.1. The first-order valence-electron chi connectivity index (χ1n) is 11.6. The van der Waals surface area contributed by atoms with Crippen LogP contribution in [0.2, 0.25) is 0 Å². The summed E-state index contributed by atoms with van der Waals surface area (Å²) in [5, 5.41) is 40.1. The molecule has 1 aliphatic heterocycles. The van der Waals surface area contributed by atoms with Gasteiger partial charge in [-0.2, -0.15) is 0 Å². The number of halogens is 1. The SMILES string of the molecule is CC(N)=C(Cc1ccc(CCCC(=O)NCCC(N)=O)cc1)C(=N)OC1OC(CO)C(F)C(O)C1O. The number of aliphatic hydroxyl groups is 3. The van der Waals surface area contributed by atoms with E-state index in [2.05, 4.69) is 5.32 Å². The highest BCUT2D eigenvalue weighted by Gasteiger charge is 2.46. The number of nitrogens with one attached hydrogen (secondary N) is 2. The Kier molecular flexibility index (Phi) is 11.2. The van der Waals surface area contributed by atoms with E-state index in [1.54, 1.807) is 6.92 Å². The smallest absolute Gasteiger partial charge is 0.231 e. The number of alkyl halides is 1. The maximum absolute atomic E-state index is 13.9. The molecule has 0 aliphatic carbocycles. The average Bonchev–Trinajstić information content (AvgIpc) is 2.83. The van der Waals surface area contributed by atoms with Gasteiger partial charge in [0.05, 0.1) is 6.61 Å². The summed E-state index contributed by atoms with van der Waals surface area (Å²) in [4.78, 5) is 22.5. The molecule has 0 radical (unpaired) electrons. The van der Waals surface area contributed by atoms with Crippen LogP contribution in [-0.4, -0.2) is 77.0 Å². The first-order chi connectivity index (χ1) is 17.0. The third kappa shape index (κ3) is 8.55. The fourth-order valence-electron chi connectivity index (χ4n) is 3.62. The molecule has 2 rings (SSSR count). The van der Waals surface area contributed by atoms with Crippen molar-refractivity contribution in [3.63, 3.8) is 0 Å². The summed E-state index contributed by atoms with van der Waals surface area (Å²) in [5.41, 5.74) is 13.4. The molecule has 0 aromatic heterocycles. The molecule has 11 nitrogen and oxygen atoms in total. The van der Waals surface area contributed by atoms with Crippen LogP contribution in [0.1, 0.15) is 37.3 Å². The number of amides is 2. The normalized spacial score (nSPS) is 24.5. The van der Waals surface area contributed by atoms with Crippen LogP contribution >= 0.6 is 0 Å². The molecule has 1 fully saturated rings. The number of nitrogens with two attached hydrogens (primary N) is 2. The van der Waals surface area contributed by atoms with Crippen molar-refractivity contribution in [3.05, 3.63) is 46.7 Å². The number of carbonyl (C=O) groups is 2. The second-order valence-electron chi connectivity index (χ2n) is 8.67. The van der Waals surface area contributed by atoms with Crippen LogP contribution in [0.5, 0.6) is 0 Å². The molecule has 9 N–H and O–H groups in total. The Hall–Kier alpha value is -3.06. The van der Waals surface area contributed by atoms with Gasteiger partial charge >= 0.3 is 0 Å². The molecule has 36 heavy (non-hydrogen) atoms. The fourth-order valence-corrected chi connectivity index (χ4v) is 3.62. The average molecular weight is 511 g/mol. The van der Waals surface area contributed by atoms with Crippen LogP contribution in [-0.2, 0) is 31.9 Å². The molecule has 0 spiro atoms. The molecule has 1 aromatic rings. The minimum Gasteiger partial charge on any atom is -0.445 e. The van der Waals surface area contributed by atoms with Crippen molar-refractivity contribution in [2.45, 2.75) is 69.8 Å². The van der Waals surface area contributed by atoms with Crippen LogP contribution in [0.25, 0.3) is 0 Å². The van der Waals surface area contributed by atoms with Gasteiger partial charge in [-0.15, -0.1) is 0 Å². The van der Waals surface area contributed by atoms with Crippen molar-refractivity contribution >= 4 is 17.7 Å². The van der Waals surface area contributed by atoms with Gasteiger partial charge in [0.25, 0.3) is 0 Å². The van der Waals surface area contributed by atoms with Crippen molar-refractivity contribution in [1.29, 1.82) is 5.41 Å². The topological polar surface area (TPSA) is 201 Å². The lowest BCUT2D eigenvalue weighted by Gasteiger charge is -2.38. The van der Waals surface area contributed by atoms with Gasteiger partial charge in [-0.05, 0) is 30.9 Å². The maximum atomic E-state index is 13.9. The van der Waals surface area contributed by atoms with E-state index in [1.165, 1.54) is 0 Å². The molecular weight excluding hydrogens is 475 g/mol. The van der Waals surface area contributed by atoms with Gasteiger partial charge in [-0.3, -0.25) is 15.0 Å². The Morgan fingerprint density at radius 1 is 1.14 bits per heavy atom. The van der Waals surface area contributed by atoms with Crippen LogP contribution in [0.3, 0.4) is 0 Å². The summed E-state index contributed by atoms with van der Waals surface area (Å²) in [5.74, 6) is -1.03. The van der Waals surface area contributed by atoms with E-state index in [9.17, 15) is 29.3 Å². The third-order valence-electron chi connectivity index (χ3n) is 5.75. The number of ether oxygens (including phenoxy) is 2. The lowest BCUT2D eigenvalue weighted by molar-refractivity contribution is -0.269. The number of primary amides is 1. The Labute approximate surface area is 208 Å². The van der Waals surface area contributed by atoms with E-state index < -0.39 is 49.2 Å². The molecule has 1 heterocycles. The predicted octanol–water partition coefficient (Wildman–Crippen LogP) is -0.453. The number of hydrogen-bond acceptors (Lipinski definition) is 9. The minimum absolute atomic E-state index is 0.103. The molecule has 5 atom stereocenters. The van der Waals surface area contributed by atoms with Crippen molar-refractivity contribution < 1.29 is 38.8 Å². The van der Waals surface area contributed by atoms with Gasteiger partial charge in [0.15, 0.2) is 6.17 Å². The second-order valence-corrected chi connectivity index (χ2v) is 8.67. The maximum Gasteiger partial charge on any atom is 0.231 e. The Balaban J connectivity index is 1.90. The Bertz CT molecular complexity index is 935. The number of aliphatic hydroxyl groups excluding tert-OH is 3. The van der Waals surface area contributed by atoms with Crippen molar-refractivity contribution in [2.75, 3.05) is 13.2 Å². The van der Waals surface area contributed by atoms with Crippen molar-refractivity contribution in [2.24, 2.45) is 11.5 Å². The van der Waals surface area contributed by atoms with Crippen LogP contribution in [0.15, 0.2) is 35.5 Å². The van der Waals surface area contributed by atoms with Gasteiger partial charge in [0, 0.05) is 37.1 Å². The second kappa shape index (κ2) is 13.9. The Morgan fingerprint density at radius 2 is 1.78 bits per heavy atom. The number of aryl methyl sites for hydroxylation is 1. The van der Waals surface area contributed by atoms with Crippen LogP contribution < -0.4 is 16.8 Å². The monoisotopic (exact) mass is 510 g/mol. The van der Waals surface area contributed by atoms with E-state index in [-0.39, 0.29) is 25.3 Å².